The molecule has 2 bridgehead atoms. The van der Waals surface area contributed by atoms with Gasteiger partial charge in [-0.05, 0) is 31.2 Å². The molecule has 146 valence electrons. The highest BCUT2D eigenvalue weighted by Crippen LogP contribution is 2.69. The normalized spacial score (nSPS) is 39.0. The molecule has 6 atom stereocenters. The molecule has 6 rings (SSSR count). The summed E-state index contributed by atoms with van der Waals surface area (Å²) in [6.07, 6.45) is 1.32. The number of carbonyl (C=O) groups is 2. The van der Waals surface area contributed by atoms with Crippen molar-refractivity contribution in [2.75, 3.05) is 11.5 Å². The predicted molar refractivity (Wildman–Crippen MR) is 98.5 cm³/mol. The highest BCUT2D eigenvalue weighted by atomic mass is 16.7. The van der Waals surface area contributed by atoms with Gasteiger partial charge in [-0.25, -0.2) is 4.90 Å². The second-order valence-corrected chi connectivity index (χ2v) is 8.30. The van der Waals surface area contributed by atoms with Crippen molar-refractivity contribution < 1.29 is 24.2 Å². The first kappa shape index (κ1) is 17.0. The van der Waals surface area contributed by atoms with Gasteiger partial charge in [-0.2, -0.15) is 5.26 Å². The zero-order valence-corrected chi connectivity index (χ0v) is 15.5. The van der Waals surface area contributed by atoms with Crippen LogP contribution in [-0.4, -0.2) is 51.9 Å². The van der Waals surface area contributed by atoms with E-state index in [1.54, 1.807) is 30.5 Å². The van der Waals surface area contributed by atoms with E-state index in [9.17, 15) is 20.0 Å². The summed E-state index contributed by atoms with van der Waals surface area (Å²) < 4.78 is 12.0. The van der Waals surface area contributed by atoms with Crippen molar-refractivity contribution in [3.8, 4) is 6.07 Å². The molecule has 0 spiro atoms. The van der Waals surface area contributed by atoms with Crippen LogP contribution in [0.1, 0.15) is 18.9 Å². The summed E-state index contributed by atoms with van der Waals surface area (Å²) in [5.74, 6) is -2.03. The van der Waals surface area contributed by atoms with Crippen molar-refractivity contribution in [1.82, 2.24) is 4.98 Å². The van der Waals surface area contributed by atoms with Crippen LogP contribution in [0.5, 0.6) is 0 Å². The molecular weight excluding hydrogens is 374 g/mol. The first-order chi connectivity index (χ1) is 14.0. The monoisotopic (exact) mass is 391 g/mol. The highest BCUT2D eigenvalue weighted by molar-refractivity contribution is 6.26. The van der Waals surface area contributed by atoms with Crippen molar-refractivity contribution in [1.29, 1.82) is 5.26 Å². The first-order valence-electron chi connectivity index (χ1n) is 9.60. The second kappa shape index (κ2) is 5.19. The fraction of sp³-hybridized carbons (Fsp3) is 0.429. The van der Waals surface area contributed by atoms with Gasteiger partial charge < -0.3 is 14.6 Å². The maximum absolute atomic E-state index is 13.6. The van der Waals surface area contributed by atoms with E-state index in [2.05, 4.69) is 11.1 Å². The van der Waals surface area contributed by atoms with Crippen molar-refractivity contribution in [3.05, 3.63) is 36.0 Å². The molecule has 0 radical (unpaired) electrons. The van der Waals surface area contributed by atoms with Crippen LogP contribution in [0.2, 0.25) is 0 Å². The lowest BCUT2D eigenvalue weighted by molar-refractivity contribution is -0.146. The zero-order chi connectivity index (χ0) is 20.1. The summed E-state index contributed by atoms with van der Waals surface area (Å²) in [7, 11) is 0. The molecule has 8 nitrogen and oxygen atoms in total. The number of hydrogen-bond donors (Lipinski definition) is 1. The lowest BCUT2D eigenvalue weighted by atomic mass is 9.67. The number of rotatable bonds is 3. The molecule has 8 heteroatoms. The molecule has 1 aromatic heterocycles. The van der Waals surface area contributed by atoms with Crippen LogP contribution in [0, 0.1) is 23.2 Å². The van der Waals surface area contributed by atoms with Crippen LogP contribution in [-0.2, 0) is 19.1 Å². The van der Waals surface area contributed by atoms with Crippen LogP contribution >= 0.6 is 0 Å². The molecule has 4 aliphatic heterocycles. The molecule has 0 aliphatic carbocycles. The number of pyridine rings is 1. The Kier molecular flexibility index (Phi) is 3.05. The lowest BCUT2D eigenvalue weighted by Gasteiger charge is -2.30. The number of aliphatic hydroxyl groups is 1. The predicted octanol–water partition coefficient (Wildman–Crippen LogP) is 0.903. The molecule has 2 amide bonds. The number of epoxide rings is 1. The van der Waals surface area contributed by atoms with Crippen molar-refractivity contribution in [2.45, 2.75) is 36.8 Å². The van der Waals surface area contributed by atoms with Crippen molar-refractivity contribution in [2.24, 2.45) is 11.8 Å². The molecular formula is C21H17N3O5. The van der Waals surface area contributed by atoms with E-state index in [0.717, 1.165) is 0 Å². The molecule has 5 heterocycles. The fourth-order valence-corrected chi connectivity index (χ4v) is 5.87. The smallest absolute Gasteiger partial charge is 0.240 e. The van der Waals surface area contributed by atoms with E-state index in [-0.39, 0.29) is 37.0 Å². The number of fused-ring (bicyclic) bond motifs is 9. The van der Waals surface area contributed by atoms with E-state index in [4.69, 9.17) is 9.47 Å². The minimum absolute atomic E-state index is 0.156. The summed E-state index contributed by atoms with van der Waals surface area (Å²) in [5.41, 5.74) is -0.598. The largest absolute Gasteiger partial charge is 0.396 e. The third-order valence-electron chi connectivity index (χ3n) is 7.01. The summed E-state index contributed by atoms with van der Waals surface area (Å²) in [4.78, 5) is 32.6. The van der Waals surface area contributed by atoms with Gasteiger partial charge in [0.1, 0.15) is 29.5 Å². The van der Waals surface area contributed by atoms with Gasteiger partial charge in [-0.15, -0.1) is 0 Å². The van der Waals surface area contributed by atoms with E-state index in [1.807, 2.05) is 6.92 Å². The van der Waals surface area contributed by atoms with Gasteiger partial charge in [0, 0.05) is 24.6 Å². The zero-order valence-electron chi connectivity index (χ0n) is 15.5. The summed E-state index contributed by atoms with van der Waals surface area (Å²) in [5, 5.41) is 19.6. The van der Waals surface area contributed by atoms with E-state index in [0.29, 0.717) is 22.2 Å². The number of aliphatic hydroxyl groups excluding tert-OH is 1. The average molecular weight is 391 g/mol. The third-order valence-corrected chi connectivity index (χ3v) is 7.01. The number of amides is 2. The lowest BCUT2D eigenvalue weighted by Crippen LogP contribution is -2.47. The molecule has 4 saturated heterocycles. The molecule has 0 unspecified atom stereocenters. The molecule has 2 aromatic rings. The van der Waals surface area contributed by atoms with E-state index >= 15 is 0 Å². The third kappa shape index (κ3) is 1.77. The van der Waals surface area contributed by atoms with Gasteiger partial charge in [0.05, 0.1) is 28.6 Å². The standard InChI is InChI=1S/C21H17N3O5/c1-20-13-14(21(29-20,6-8-25)17-16(20)28-17)19(27)24(18(13)26)12-5-4-10(9-22)15-11(12)3-2-7-23-15/h2-5,7,13-14,16-17,25H,6,8H2,1H3/t13-,14+,16-,17+,20+,21-/m1/s1. The maximum atomic E-state index is 13.6. The molecule has 0 saturated carbocycles. The van der Waals surface area contributed by atoms with Gasteiger partial charge in [0.25, 0.3) is 0 Å². The molecule has 1 N–H and O–H groups in total. The molecule has 29 heavy (non-hydrogen) atoms. The minimum atomic E-state index is -0.971. The topological polar surface area (TPSA) is 116 Å². The Labute approximate surface area is 165 Å². The number of imide groups is 1. The van der Waals surface area contributed by atoms with Crippen LogP contribution in [0.3, 0.4) is 0 Å². The number of hydrogen-bond acceptors (Lipinski definition) is 7. The van der Waals surface area contributed by atoms with Gasteiger partial charge in [0.2, 0.25) is 11.8 Å². The van der Waals surface area contributed by atoms with E-state index in [1.165, 1.54) is 4.90 Å². The SMILES string of the molecule is C[C@]12O[C@](CCO)([C@@H]3C(=O)N(c4ccc(C#N)c5ncccc45)C(=O)[C@@H]31)[C@H]1O[C@H]12. The molecule has 4 fully saturated rings. The van der Waals surface area contributed by atoms with Gasteiger partial charge in [-0.3, -0.25) is 14.6 Å². The van der Waals surface area contributed by atoms with Crippen molar-refractivity contribution >= 4 is 28.4 Å². The number of ether oxygens (including phenoxy) is 2. The van der Waals surface area contributed by atoms with Crippen LogP contribution in [0.4, 0.5) is 5.69 Å². The van der Waals surface area contributed by atoms with Crippen LogP contribution < -0.4 is 4.90 Å². The number of nitrogens with zero attached hydrogens (tertiary/aromatic N) is 3. The van der Waals surface area contributed by atoms with Crippen LogP contribution in [0.15, 0.2) is 30.5 Å². The Morgan fingerprint density at radius 3 is 2.79 bits per heavy atom. The number of nitriles is 1. The first-order valence-corrected chi connectivity index (χ1v) is 9.60. The highest BCUT2D eigenvalue weighted by Gasteiger charge is 2.86. The molecule has 4 aliphatic rings. The van der Waals surface area contributed by atoms with E-state index < -0.39 is 23.0 Å². The second-order valence-electron chi connectivity index (χ2n) is 8.30. The van der Waals surface area contributed by atoms with Crippen LogP contribution in [0.25, 0.3) is 10.9 Å². The Morgan fingerprint density at radius 1 is 1.24 bits per heavy atom. The molecule has 1 aromatic carbocycles. The Hall–Kier alpha value is -2.86. The number of aromatic nitrogens is 1. The number of benzene rings is 1. The average Bonchev–Trinajstić information content (AvgIpc) is 3.38. The maximum Gasteiger partial charge on any atom is 0.240 e. The summed E-state index contributed by atoms with van der Waals surface area (Å²) >= 11 is 0. The Balaban J connectivity index is 1.52. The van der Waals surface area contributed by atoms with Crippen molar-refractivity contribution in [3.63, 3.8) is 0 Å². The fourth-order valence-electron chi connectivity index (χ4n) is 5.87. The van der Waals surface area contributed by atoms with Gasteiger partial charge in [-0.1, -0.05) is 0 Å². The summed E-state index contributed by atoms with van der Waals surface area (Å²) in [6, 6.07) is 8.77. The minimum Gasteiger partial charge on any atom is -0.396 e. The quantitative estimate of drug-likeness (QED) is 0.610. The van der Waals surface area contributed by atoms with Gasteiger partial charge >= 0.3 is 0 Å². The van der Waals surface area contributed by atoms with Gasteiger partial charge in [0.15, 0.2) is 0 Å². The Bertz CT molecular complexity index is 1160. The summed E-state index contributed by atoms with van der Waals surface area (Å²) in [6.45, 7) is 1.67. The Morgan fingerprint density at radius 2 is 2.03 bits per heavy atom. The number of anilines is 1. The number of carbonyl (C=O) groups excluding carboxylic acids is 2.